The predicted molar refractivity (Wildman–Crippen MR) is 66.0 cm³/mol. The van der Waals surface area contributed by atoms with Crippen LogP contribution in [-0.2, 0) is 6.42 Å². The van der Waals surface area contributed by atoms with E-state index in [0.717, 1.165) is 18.8 Å². The summed E-state index contributed by atoms with van der Waals surface area (Å²) < 4.78 is 1.36. The molecule has 2 heterocycles. The lowest BCUT2D eigenvalue weighted by molar-refractivity contribution is 0.627. The number of anilines is 2. The van der Waals surface area contributed by atoms with Crippen LogP contribution in [0.15, 0.2) is 24.3 Å². The number of para-hydroxylation sites is 1. The van der Waals surface area contributed by atoms with Crippen molar-refractivity contribution in [2.24, 2.45) is 0 Å². The first-order chi connectivity index (χ1) is 8.25. The van der Waals surface area contributed by atoms with Crippen molar-refractivity contribution in [2.75, 3.05) is 23.4 Å². The van der Waals surface area contributed by atoms with Crippen molar-refractivity contribution in [1.82, 2.24) is 14.9 Å². The van der Waals surface area contributed by atoms with Gasteiger partial charge in [-0.25, -0.2) is 4.68 Å². The van der Waals surface area contributed by atoms with E-state index in [2.05, 4.69) is 27.6 Å². The number of nitrogens with one attached hydrogen (secondary N) is 1. The molecule has 6 nitrogen and oxygen atoms in total. The summed E-state index contributed by atoms with van der Waals surface area (Å²) in [5.41, 5.74) is 8.04. The van der Waals surface area contributed by atoms with Crippen LogP contribution in [0.1, 0.15) is 17.3 Å². The Morgan fingerprint density at radius 3 is 2.88 bits per heavy atom. The molecule has 6 heteroatoms. The second-order valence-electron chi connectivity index (χ2n) is 4.23. The van der Waals surface area contributed by atoms with E-state index < -0.39 is 0 Å². The zero-order valence-corrected chi connectivity index (χ0v) is 9.30. The second kappa shape index (κ2) is 3.65. The number of benzene rings is 1. The van der Waals surface area contributed by atoms with Gasteiger partial charge < -0.3 is 16.9 Å². The third kappa shape index (κ3) is 1.57. The fourth-order valence-corrected chi connectivity index (χ4v) is 2.22. The molecule has 5 N–H and O–H groups in total. The molecule has 0 saturated heterocycles. The van der Waals surface area contributed by atoms with Crippen LogP contribution >= 0.6 is 0 Å². The van der Waals surface area contributed by atoms with E-state index in [9.17, 15) is 0 Å². The van der Waals surface area contributed by atoms with Gasteiger partial charge in [-0.05, 0) is 18.1 Å². The maximum atomic E-state index is 5.79. The minimum Gasteiger partial charge on any atom is -0.384 e. The van der Waals surface area contributed by atoms with Crippen molar-refractivity contribution < 1.29 is 0 Å². The summed E-state index contributed by atoms with van der Waals surface area (Å²) in [7, 11) is 0. The van der Waals surface area contributed by atoms with Crippen LogP contribution in [0.25, 0.3) is 0 Å². The minimum absolute atomic E-state index is 0.208. The van der Waals surface area contributed by atoms with E-state index in [-0.39, 0.29) is 11.9 Å². The van der Waals surface area contributed by atoms with Crippen molar-refractivity contribution in [1.29, 1.82) is 0 Å². The fourth-order valence-electron chi connectivity index (χ4n) is 2.22. The van der Waals surface area contributed by atoms with Gasteiger partial charge in [0.1, 0.15) is 0 Å². The smallest absolute Gasteiger partial charge is 0.240 e. The van der Waals surface area contributed by atoms with Crippen molar-refractivity contribution in [3.63, 3.8) is 0 Å². The molecule has 0 spiro atoms. The summed E-state index contributed by atoms with van der Waals surface area (Å²) in [5, 5.41) is 11.2. The molecule has 2 aromatic rings. The lowest BCUT2D eigenvalue weighted by Crippen LogP contribution is -2.27. The summed E-state index contributed by atoms with van der Waals surface area (Å²) in [4.78, 5) is 0. The highest BCUT2D eigenvalue weighted by molar-refractivity contribution is 5.54. The van der Waals surface area contributed by atoms with E-state index in [1.807, 2.05) is 12.1 Å². The average Bonchev–Trinajstić information content (AvgIpc) is 2.70. The van der Waals surface area contributed by atoms with Gasteiger partial charge in [-0.1, -0.05) is 18.2 Å². The highest BCUT2D eigenvalue weighted by Gasteiger charge is 2.24. The highest BCUT2D eigenvalue weighted by atomic mass is 15.4. The molecule has 1 aliphatic rings. The molecule has 1 atom stereocenters. The molecule has 0 bridgehead atoms. The summed E-state index contributed by atoms with van der Waals surface area (Å²) in [6.45, 7) is 0.798. The molecule has 1 unspecified atom stereocenters. The molecule has 1 aliphatic heterocycles. The van der Waals surface area contributed by atoms with E-state index >= 15 is 0 Å². The van der Waals surface area contributed by atoms with Gasteiger partial charge in [0.25, 0.3) is 0 Å². The molecule has 0 aliphatic carbocycles. The molecule has 88 valence electrons. The van der Waals surface area contributed by atoms with Crippen molar-refractivity contribution in [3.8, 4) is 0 Å². The van der Waals surface area contributed by atoms with E-state index in [1.54, 1.807) is 0 Å². The first kappa shape index (κ1) is 9.95. The number of nitrogens with zero attached hydrogens (tertiary/aromatic N) is 3. The number of hydrogen-bond donors (Lipinski definition) is 3. The number of aromatic nitrogens is 3. The number of fused-ring (bicyclic) bond motifs is 1. The lowest BCUT2D eigenvalue weighted by Gasteiger charge is -2.25. The summed E-state index contributed by atoms with van der Waals surface area (Å²) in [5.74, 6) is 6.98. The first-order valence-electron chi connectivity index (χ1n) is 5.53. The quantitative estimate of drug-likeness (QED) is 0.613. The Labute approximate surface area is 98.6 Å². The molecule has 1 aromatic heterocycles. The van der Waals surface area contributed by atoms with Crippen LogP contribution in [0, 0.1) is 0 Å². The maximum Gasteiger partial charge on any atom is 0.240 e. The van der Waals surface area contributed by atoms with Gasteiger partial charge in [-0.3, -0.25) is 0 Å². The molecule has 0 fully saturated rings. The monoisotopic (exact) mass is 230 g/mol. The van der Waals surface area contributed by atoms with Crippen LogP contribution in [-0.4, -0.2) is 21.4 Å². The molecule has 3 rings (SSSR count). The van der Waals surface area contributed by atoms with Crippen molar-refractivity contribution in [2.45, 2.75) is 12.3 Å². The van der Waals surface area contributed by atoms with Crippen LogP contribution in [0.3, 0.4) is 0 Å². The van der Waals surface area contributed by atoms with Gasteiger partial charge >= 0.3 is 0 Å². The maximum absolute atomic E-state index is 5.79. The third-order valence-electron chi connectivity index (χ3n) is 3.14. The van der Waals surface area contributed by atoms with Gasteiger partial charge in [-0.2, -0.15) is 0 Å². The topological polar surface area (TPSA) is 94.8 Å². The average molecular weight is 230 g/mol. The van der Waals surface area contributed by atoms with E-state index in [0.29, 0.717) is 0 Å². The molecule has 0 radical (unpaired) electrons. The van der Waals surface area contributed by atoms with Gasteiger partial charge in [0.15, 0.2) is 5.82 Å². The van der Waals surface area contributed by atoms with Gasteiger partial charge in [-0.15, -0.1) is 10.2 Å². The van der Waals surface area contributed by atoms with Crippen molar-refractivity contribution in [3.05, 3.63) is 35.7 Å². The van der Waals surface area contributed by atoms with Gasteiger partial charge in [0.05, 0.1) is 0 Å². The van der Waals surface area contributed by atoms with Gasteiger partial charge in [0.2, 0.25) is 5.95 Å². The largest absolute Gasteiger partial charge is 0.384 e. The Morgan fingerprint density at radius 2 is 2.12 bits per heavy atom. The number of nitrogen functional groups attached to an aromatic ring is 2. The first-order valence-corrected chi connectivity index (χ1v) is 5.53. The Balaban J connectivity index is 1.92. The number of rotatable bonds is 1. The normalized spacial score (nSPS) is 18.5. The second-order valence-corrected chi connectivity index (χ2v) is 4.23. The summed E-state index contributed by atoms with van der Waals surface area (Å²) in [6, 6.07) is 8.24. The fraction of sp³-hybridized carbons (Fsp3) is 0.273. The SMILES string of the molecule is Nc1nnc(C2CNc3ccccc3C2)n1N. The summed E-state index contributed by atoms with van der Waals surface area (Å²) in [6.07, 6.45) is 0.901. The summed E-state index contributed by atoms with van der Waals surface area (Å²) >= 11 is 0. The van der Waals surface area contributed by atoms with E-state index in [4.69, 9.17) is 11.6 Å². The van der Waals surface area contributed by atoms with Crippen molar-refractivity contribution >= 4 is 11.6 Å². The highest BCUT2D eigenvalue weighted by Crippen LogP contribution is 2.29. The Kier molecular flexibility index (Phi) is 2.14. The Hall–Kier alpha value is -2.24. The van der Waals surface area contributed by atoms with Crippen LogP contribution in [0.4, 0.5) is 11.6 Å². The molecular weight excluding hydrogens is 216 g/mol. The molecule has 0 amide bonds. The Morgan fingerprint density at radius 1 is 1.29 bits per heavy atom. The standard InChI is InChI=1S/C11H14N6/c12-11-16-15-10(17(11)13)8-5-7-3-1-2-4-9(7)14-6-8/h1-4,8,14H,5-6,13H2,(H2,12,16). The third-order valence-corrected chi connectivity index (χ3v) is 3.14. The Bertz CT molecular complexity index is 547. The zero-order valence-electron chi connectivity index (χ0n) is 9.30. The predicted octanol–water partition coefficient (Wildman–Crippen LogP) is 0.326. The lowest BCUT2D eigenvalue weighted by atomic mass is 9.93. The van der Waals surface area contributed by atoms with Crippen LogP contribution in [0.2, 0.25) is 0 Å². The molecule has 17 heavy (non-hydrogen) atoms. The van der Waals surface area contributed by atoms with E-state index in [1.165, 1.54) is 15.9 Å². The van der Waals surface area contributed by atoms with Crippen LogP contribution < -0.4 is 16.9 Å². The number of hydrogen-bond acceptors (Lipinski definition) is 5. The number of nitrogens with two attached hydrogens (primary N) is 2. The zero-order chi connectivity index (χ0) is 11.8. The van der Waals surface area contributed by atoms with Gasteiger partial charge in [0, 0.05) is 18.2 Å². The van der Waals surface area contributed by atoms with Crippen LogP contribution in [0.5, 0.6) is 0 Å². The molecule has 1 aromatic carbocycles. The molecule has 0 saturated carbocycles. The minimum atomic E-state index is 0.208. The molecular formula is C11H14N6.